The maximum atomic E-state index is 12.3. The molecule has 4 unspecified atom stereocenters. The Morgan fingerprint density at radius 2 is 2.16 bits per heavy atom. The molecule has 4 atom stereocenters. The number of nitrogens with zero attached hydrogens (tertiary/aromatic N) is 1. The zero-order chi connectivity index (χ0) is 13.6. The molecule has 2 aliphatic heterocycles. The van der Waals surface area contributed by atoms with Crippen LogP contribution in [0.15, 0.2) is 0 Å². The van der Waals surface area contributed by atoms with Crippen LogP contribution in [0.1, 0.15) is 19.3 Å². The molecular formula is C12H18F3N3O. The molecule has 0 aromatic rings. The quantitative estimate of drug-likeness (QED) is 0.789. The van der Waals surface area contributed by atoms with E-state index < -0.39 is 12.7 Å². The van der Waals surface area contributed by atoms with Gasteiger partial charge in [0.25, 0.3) is 0 Å². The van der Waals surface area contributed by atoms with Gasteiger partial charge in [-0.3, -0.25) is 9.69 Å². The fourth-order valence-corrected chi connectivity index (χ4v) is 3.17. The molecule has 2 saturated heterocycles. The fraction of sp³-hybridized carbons (Fsp3) is 0.917. The van der Waals surface area contributed by atoms with Crippen LogP contribution in [0.5, 0.6) is 0 Å². The number of amides is 1. The highest BCUT2D eigenvalue weighted by molar-refractivity contribution is 5.82. The molecular weight excluding hydrogens is 259 g/mol. The third-order valence-corrected chi connectivity index (χ3v) is 4.21. The molecule has 0 aromatic heterocycles. The minimum Gasteiger partial charge on any atom is -0.351 e. The number of carbonyl (C=O) groups is 1. The highest BCUT2D eigenvalue weighted by atomic mass is 19.4. The normalized spacial score (nSPS) is 38.3. The van der Waals surface area contributed by atoms with Crippen molar-refractivity contribution in [2.24, 2.45) is 5.92 Å². The summed E-state index contributed by atoms with van der Waals surface area (Å²) in [5.74, 6) is 0.590. The first-order valence-corrected chi connectivity index (χ1v) is 6.76. The highest BCUT2D eigenvalue weighted by Crippen LogP contribution is 2.40. The summed E-state index contributed by atoms with van der Waals surface area (Å²) in [6.07, 6.45) is -1.53. The molecule has 2 N–H and O–H groups in total. The van der Waals surface area contributed by atoms with Crippen molar-refractivity contribution in [1.82, 2.24) is 15.5 Å². The van der Waals surface area contributed by atoms with Gasteiger partial charge < -0.3 is 10.6 Å². The van der Waals surface area contributed by atoms with Gasteiger partial charge in [0.2, 0.25) is 5.91 Å². The van der Waals surface area contributed by atoms with Crippen molar-refractivity contribution in [1.29, 1.82) is 0 Å². The molecule has 19 heavy (non-hydrogen) atoms. The number of fused-ring (bicyclic) bond motifs is 1. The summed E-state index contributed by atoms with van der Waals surface area (Å²) in [6, 6.07) is 0.218. The van der Waals surface area contributed by atoms with Crippen molar-refractivity contribution in [3.05, 3.63) is 0 Å². The standard InChI is InChI=1S/C12H18F3N3O/c13-12(14,15)6-18-2-1-8(5-18)16-11(19)10-4-7-3-9(7)17-10/h7-10,17H,1-6H2,(H,16,19). The molecule has 0 radical (unpaired) electrons. The predicted octanol–water partition coefficient (Wildman–Crippen LogP) is 0.490. The molecule has 7 heteroatoms. The average Bonchev–Trinajstić information content (AvgIpc) is 2.71. The number of hydrogen-bond acceptors (Lipinski definition) is 3. The van der Waals surface area contributed by atoms with Crippen LogP contribution in [0.4, 0.5) is 13.2 Å². The number of halogens is 3. The lowest BCUT2D eigenvalue weighted by Crippen LogP contribution is -2.47. The topological polar surface area (TPSA) is 44.4 Å². The van der Waals surface area contributed by atoms with Crippen LogP contribution in [0, 0.1) is 5.92 Å². The lowest BCUT2D eigenvalue weighted by atomic mass is 10.1. The molecule has 3 aliphatic rings. The molecule has 108 valence electrons. The Morgan fingerprint density at radius 3 is 2.79 bits per heavy atom. The molecule has 0 aromatic carbocycles. The second-order valence-corrected chi connectivity index (χ2v) is 5.90. The summed E-state index contributed by atoms with van der Waals surface area (Å²) in [7, 11) is 0. The van der Waals surface area contributed by atoms with E-state index in [1.54, 1.807) is 0 Å². The summed E-state index contributed by atoms with van der Waals surface area (Å²) < 4.78 is 36.8. The Bertz CT molecular complexity index is 364. The van der Waals surface area contributed by atoms with Crippen LogP contribution in [-0.2, 0) is 4.79 Å². The van der Waals surface area contributed by atoms with Crippen molar-refractivity contribution >= 4 is 5.91 Å². The van der Waals surface area contributed by atoms with Gasteiger partial charge in [0.15, 0.2) is 0 Å². The van der Waals surface area contributed by atoms with Gasteiger partial charge in [-0.15, -0.1) is 0 Å². The van der Waals surface area contributed by atoms with Crippen LogP contribution in [0.3, 0.4) is 0 Å². The monoisotopic (exact) mass is 277 g/mol. The third kappa shape index (κ3) is 3.20. The summed E-state index contributed by atoms with van der Waals surface area (Å²) >= 11 is 0. The summed E-state index contributed by atoms with van der Waals surface area (Å²) in [4.78, 5) is 13.3. The van der Waals surface area contributed by atoms with Gasteiger partial charge in [0.05, 0.1) is 12.6 Å². The number of hydrogen-bond donors (Lipinski definition) is 2. The molecule has 4 nitrogen and oxygen atoms in total. The first-order chi connectivity index (χ1) is 8.90. The van der Waals surface area contributed by atoms with E-state index >= 15 is 0 Å². The first kappa shape index (κ1) is 13.2. The van der Waals surface area contributed by atoms with E-state index in [4.69, 9.17) is 0 Å². The van der Waals surface area contributed by atoms with Gasteiger partial charge >= 0.3 is 6.18 Å². The Hall–Kier alpha value is -0.820. The van der Waals surface area contributed by atoms with Crippen LogP contribution in [-0.4, -0.2) is 54.7 Å². The van der Waals surface area contributed by atoms with E-state index in [0.717, 1.165) is 12.8 Å². The van der Waals surface area contributed by atoms with E-state index in [1.165, 1.54) is 4.90 Å². The van der Waals surface area contributed by atoms with E-state index in [1.807, 2.05) is 0 Å². The Balaban J connectivity index is 1.42. The SMILES string of the molecule is O=C(NC1CCN(CC(F)(F)F)C1)C1CC2CC2N1. The van der Waals surface area contributed by atoms with E-state index in [0.29, 0.717) is 31.5 Å². The van der Waals surface area contributed by atoms with Crippen LogP contribution < -0.4 is 10.6 Å². The Labute approximate surface area is 109 Å². The third-order valence-electron chi connectivity index (χ3n) is 4.21. The first-order valence-electron chi connectivity index (χ1n) is 6.76. The van der Waals surface area contributed by atoms with Gasteiger partial charge in [-0.2, -0.15) is 13.2 Å². The molecule has 0 bridgehead atoms. The lowest BCUT2D eigenvalue weighted by Gasteiger charge is -2.20. The Kier molecular flexibility index (Phi) is 3.21. The maximum Gasteiger partial charge on any atom is 0.401 e. The molecule has 1 saturated carbocycles. The van der Waals surface area contributed by atoms with Gasteiger partial charge in [-0.1, -0.05) is 0 Å². The summed E-state index contributed by atoms with van der Waals surface area (Å²) in [6.45, 7) is -0.191. The minimum atomic E-state index is -4.16. The molecule has 2 heterocycles. The molecule has 3 fully saturated rings. The average molecular weight is 277 g/mol. The zero-order valence-corrected chi connectivity index (χ0v) is 10.5. The smallest absolute Gasteiger partial charge is 0.351 e. The van der Waals surface area contributed by atoms with Gasteiger partial charge in [-0.25, -0.2) is 0 Å². The van der Waals surface area contributed by atoms with Crippen molar-refractivity contribution in [3.63, 3.8) is 0 Å². The highest BCUT2D eigenvalue weighted by Gasteiger charge is 2.48. The van der Waals surface area contributed by atoms with Crippen molar-refractivity contribution < 1.29 is 18.0 Å². The number of rotatable bonds is 3. The molecule has 1 amide bonds. The number of alkyl halides is 3. The van der Waals surface area contributed by atoms with Crippen molar-refractivity contribution in [2.75, 3.05) is 19.6 Å². The van der Waals surface area contributed by atoms with Crippen LogP contribution >= 0.6 is 0 Å². The summed E-state index contributed by atoms with van der Waals surface area (Å²) in [5.41, 5.74) is 0. The van der Waals surface area contributed by atoms with Crippen molar-refractivity contribution in [2.45, 2.75) is 43.6 Å². The number of likely N-dealkylation sites (tertiary alicyclic amines) is 1. The Morgan fingerprint density at radius 1 is 1.37 bits per heavy atom. The molecule has 3 rings (SSSR count). The summed E-state index contributed by atoms with van der Waals surface area (Å²) in [5, 5.41) is 6.11. The van der Waals surface area contributed by atoms with E-state index in [2.05, 4.69) is 10.6 Å². The second kappa shape index (κ2) is 4.63. The van der Waals surface area contributed by atoms with Crippen LogP contribution in [0.25, 0.3) is 0 Å². The predicted molar refractivity (Wildman–Crippen MR) is 62.5 cm³/mol. The molecule has 0 spiro atoms. The lowest BCUT2D eigenvalue weighted by molar-refractivity contribution is -0.143. The maximum absolute atomic E-state index is 12.3. The second-order valence-electron chi connectivity index (χ2n) is 5.90. The van der Waals surface area contributed by atoms with Gasteiger partial charge in [-0.05, 0) is 25.2 Å². The fourth-order valence-electron chi connectivity index (χ4n) is 3.17. The zero-order valence-electron chi connectivity index (χ0n) is 10.5. The van der Waals surface area contributed by atoms with Crippen molar-refractivity contribution in [3.8, 4) is 0 Å². The number of nitrogens with one attached hydrogen (secondary N) is 2. The largest absolute Gasteiger partial charge is 0.401 e. The number of carbonyl (C=O) groups excluding carboxylic acids is 1. The number of piperidine rings is 1. The van der Waals surface area contributed by atoms with E-state index in [9.17, 15) is 18.0 Å². The van der Waals surface area contributed by atoms with Crippen LogP contribution in [0.2, 0.25) is 0 Å². The minimum absolute atomic E-state index is 0.0499. The van der Waals surface area contributed by atoms with Gasteiger partial charge in [0.1, 0.15) is 0 Å². The molecule has 1 aliphatic carbocycles. The van der Waals surface area contributed by atoms with Gasteiger partial charge in [0, 0.05) is 25.2 Å². The van der Waals surface area contributed by atoms with E-state index in [-0.39, 0.29) is 18.0 Å².